The number of hydrogen-bond acceptors (Lipinski definition) is 5. The van der Waals surface area contributed by atoms with Gasteiger partial charge in [-0.3, -0.25) is 0 Å². The van der Waals surface area contributed by atoms with E-state index in [1.54, 1.807) is 11.8 Å². The Hall–Kier alpha value is -0.290. The van der Waals surface area contributed by atoms with Gasteiger partial charge in [0, 0.05) is 5.75 Å². The Morgan fingerprint density at radius 2 is 2.10 bits per heavy atom. The molecule has 1 heterocycles. The van der Waals surface area contributed by atoms with Crippen LogP contribution in [0.15, 0.2) is 17.8 Å². The lowest BCUT2D eigenvalue weighted by Crippen LogP contribution is -1.88. The fourth-order valence-corrected chi connectivity index (χ4v) is 1.23. The normalized spacial score (nSPS) is 9.70. The van der Waals surface area contributed by atoms with Crippen LogP contribution in [-0.2, 0) is 0 Å². The van der Waals surface area contributed by atoms with Crippen LogP contribution in [-0.4, -0.2) is 26.5 Å². The summed E-state index contributed by atoms with van der Waals surface area (Å²) in [4.78, 5) is 11.5. The highest BCUT2D eigenvalue weighted by Gasteiger charge is 1.92. The van der Waals surface area contributed by atoms with E-state index in [1.165, 1.54) is 12.7 Å². The van der Waals surface area contributed by atoms with Crippen LogP contribution < -0.4 is 0 Å². The summed E-state index contributed by atoms with van der Waals surface area (Å²) in [5.74, 6) is 1.78. The van der Waals surface area contributed by atoms with E-state index in [2.05, 4.69) is 27.6 Å². The molecule has 0 fully saturated rings. The maximum Gasteiger partial charge on any atom is 0.190 e. The highest BCUT2D eigenvalue weighted by molar-refractivity contribution is 7.99. The van der Waals surface area contributed by atoms with Gasteiger partial charge in [0.25, 0.3) is 0 Å². The molecule has 0 N–H and O–H groups in total. The summed E-state index contributed by atoms with van der Waals surface area (Å²) in [6.07, 6.45) is 2.99. The summed E-state index contributed by atoms with van der Waals surface area (Å²) >= 11 is 5.64. The van der Waals surface area contributed by atoms with Gasteiger partial charge in [-0.25, -0.2) is 15.0 Å². The molecule has 0 aliphatic rings. The highest BCUT2D eigenvalue weighted by atomic mass is 32.2. The Balaban J connectivity index is 2.43. The molecule has 0 unspecified atom stereocenters. The zero-order chi connectivity index (χ0) is 7.23. The highest BCUT2D eigenvalue weighted by Crippen LogP contribution is 2.09. The molecule has 1 aromatic rings. The van der Waals surface area contributed by atoms with Crippen molar-refractivity contribution in [2.45, 2.75) is 5.16 Å². The van der Waals surface area contributed by atoms with Crippen LogP contribution in [0.5, 0.6) is 0 Å². The summed E-state index contributed by atoms with van der Waals surface area (Å²) in [5, 5.41) is 0.768. The molecule has 3 nitrogen and oxygen atoms in total. The molecule has 0 spiro atoms. The number of hydrogen-bond donors (Lipinski definition) is 1. The maximum absolute atomic E-state index is 4.06. The van der Waals surface area contributed by atoms with Gasteiger partial charge in [0.05, 0.1) is 0 Å². The number of thioether (sulfide) groups is 1. The quantitative estimate of drug-likeness (QED) is 0.544. The summed E-state index contributed by atoms with van der Waals surface area (Å²) in [6.45, 7) is 0. The molecule has 0 aliphatic heterocycles. The van der Waals surface area contributed by atoms with Crippen molar-refractivity contribution in [2.75, 3.05) is 11.5 Å². The predicted octanol–water partition coefficient (Wildman–Crippen LogP) is 0.893. The third kappa shape index (κ3) is 2.53. The smallest absolute Gasteiger partial charge is 0.190 e. The van der Waals surface area contributed by atoms with E-state index in [0.717, 1.165) is 16.7 Å². The van der Waals surface area contributed by atoms with Crippen LogP contribution in [0.25, 0.3) is 0 Å². The van der Waals surface area contributed by atoms with Gasteiger partial charge in [-0.15, -0.1) is 0 Å². The van der Waals surface area contributed by atoms with Crippen molar-refractivity contribution < 1.29 is 0 Å². The van der Waals surface area contributed by atoms with Crippen LogP contribution >= 0.6 is 24.4 Å². The van der Waals surface area contributed by atoms with Crippen LogP contribution in [0.1, 0.15) is 0 Å². The van der Waals surface area contributed by atoms with Gasteiger partial charge in [0.2, 0.25) is 0 Å². The van der Waals surface area contributed by atoms with Gasteiger partial charge in [0.15, 0.2) is 5.16 Å². The molecular weight excluding hydrogens is 166 g/mol. The lowest BCUT2D eigenvalue weighted by atomic mass is 11.0. The van der Waals surface area contributed by atoms with Gasteiger partial charge in [-0.1, -0.05) is 11.8 Å². The van der Waals surface area contributed by atoms with Crippen LogP contribution in [0.3, 0.4) is 0 Å². The molecule has 0 aromatic carbocycles. The first-order valence-electron chi connectivity index (χ1n) is 2.79. The fourth-order valence-electron chi connectivity index (χ4n) is 0.440. The Kier molecular flexibility index (Phi) is 3.53. The topological polar surface area (TPSA) is 38.7 Å². The van der Waals surface area contributed by atoms with Gasteiger partial charge in [0.1, 0.15) is 12.7 Å². The van der Waals surface area contributed by atoms with Crippen LogP contribution in [0.2, 0.25) is 0 Å². The van der Waals surface area contributed by atoms with Crippen molar-refractivity contribution in [3.8, 4) is 0 Å². The molecule has 0 amide bonds. The van der Waals surface area contributed by atoms with E-state index < -0.39 is 0 Å². The van der Waals surface area contributed by atoms with Crippen molar-refractivity contribution in [3.63, 3.8) is 0 Å². The molecule has 0 bridgehead atoms. The molecule has 0 saturated heterocycles. The molecule has 1 aromatic heterocycles. The monoisotopic (exact) mass is 173 g/mol. The van der Waals surface area contributed by atoms with E-state index in [0.29, 0.717) is 0 Å². The van der Waals surface area contributed by atoms with Crippen molar-refractivity contribution in [3.05, 3.63) is 12.7 Å². The Bertz CT molecular complexity index is 180. The van der Waals surface area contributed by atoms with E-state index in [4.69, 9.17) is 0 Å². The lowest BCUT2D eigenvalue weighted by molar-refractivity contribution is 0.902. The maximum atomic E-state index is 4.06. The van der Waals surface area contributed by atoms with Gasteiger partial charge >= 0.3 is 0 Å². The van der Waals surface area contributed by atoms with Crippen molar-refractivity contribution >= 4 is 24.4 Å². The zero-order valence-electron chi connectivity index (χ0n) is 5.27. The first-order chi connectivity index (χ1) is 4.93. The first-order valence-corrected chi connectivity index (χ1v) is 4.41. The molecule has 54 valence electrons. The van der Waals surface area contributed by atoms with E-state index in [-0.39, 0.29) is 0 Å². The number of thiol groups is 1. The van der Waals surface area contributed by atoms with Crippen LogP contribution in [0.4, 0.5) is 0 Å². The number of nitrogens with zero attached hydrogens (tertiary/aromatic N) is 3. The fraction of sp³-hybridized carbons (Fsp3) is 0.400. The van der Waals surface area contributed by atoms with E-state index in [1.807, 2.05) is 0 Å². The zero-order valence-corrected chi connectivity index (χ0v) is 6.98. The average molecular weight is 173 g/mol. The van der Waals surface area contributed by atoms with Gasteiger partial charge < -0.3 is 0 Å². The molecular formula is C5H7N3S2. The number of aromatic nitrogens is 3. The molecule has 0 aliphatic carbocycles. The average Bonchev–Trinajstić information content (AvgIpc) is 2.03. The standard InChI is InChI=1S/C5H7N3S2/c9-1-2-10-5-7-3-6-4-8-5/h3-4,9H,1-2H2. The molecule has 0 saturated carbocycles. The molecule has 1 rings (SSSR count). The lowest BCUT2D eigenvalue weighted by Gasteiger charge is -1.93. The minimum atomic E-state index is 0.768. The largest absolute Gasteiger partial charge is 0.225 e. The van der Waals surface area contributed by atoms with E-state index >= 15 is 0 Å². The SMILES string of the molecule is SCCSc1ncncn1. The minimum Gasteiger partial charge on any atom is -0.225 e. The molecule has 0 radical (unpaired) electrons. The summed E-state index contributed by atoms with van der Waals surface area (Å²) in [7, 11) is 0. The van der Waals surface area contributed by atoms with E-state index in [9.17, 15) is 0 Å². The molecule has 10 heavy (non-hydrogen) atoms. The van der Waals surface area contributed by atoms with Crippen molar-refractivity contribution in [1.29, 1.82) is 0 Å². The van der Waals surface area contributed by atoms with Crippen molar-refractivity contribution in [1.82, 2.24) is 15.0 Å². The molecule has 5 heteroatoms. The van der Waals surface area contributed by atoms with Crippen molar-refractivity contribution in [2.24, 2.45) is 0 Å². The third-order valence-electron chi connectivity index (χ3n) is 0.792. The second-order valence-electron chi connectivity index (χ2n) is 1.49. The van der Waals surface area contributed by atoms with Crippen LogP contribution in [0, 0.1) is 0 Å². The second-order valence-corrected chi connectivity index (χ2v) is 3.00. The summed E-state index contributed by atoms with van der Waals surface area (Å²) < 4.78 is 0. The van der Waals surface area contributed by atoms with Gasteiger partial charge in [-0.2, -0.15) is 12.6 Å². The minimum absolute atomic E-state index is 0.768. The second kappa shape index (κ2) is 4.51. The Morgan fingerprint density at radius 1 is 1.40 bits per heavy atom. The third-order valence-corrected chi connectivity index (χ3v) is 2.20. The number of rotatable bonds is 3. The predicted molar refractivity (Wildman–Crippen MR) is 44.4 cm³/mol. The first kappa shape index (κ1) is 7.81. The Morgan fingerprint density at radius 3 is 2.70 bits per heavy atom. The summed E-state index contributed by atoms with van der Waals surface area (Å²) in [6, 6.07) is 0. The summed E-state index contributed by atoms with van der Waals surface area (Å²) in [5.41, 5.74) is 0. The van der Waals surface area contributed by atoms with Gasteiger partial charge in [-0.05, 0) is 5.75 Å². The Labute approximate surface area is 69.1 Å². The molecule has 0 atom stereocenters.